The van der Waals surface area contributed by atoms with Gasteiger partial charge in [-0.3, -0.25) is 0 Å². The van der Waals surface area contributed by atoms with Crippen molar-refractivity contribution < 1.29 is 14.3 Å². The number of halogens is 1. The van der Waals surface area contributed by atoms with Gasteiger partial charge >= 0.3 is 5.97 Å². The largest absolute Gasteiger partial charge is 0.493 e. The first-order chi connectivity index (χ1) is 8.74. The van der Waals surface area contributed by atoms with Crippen LogP contribution < -0.4 is 4.74 Å². The fourth-order valence-electron chi connectivity index (χ4n) is 1.75. The van der Waals surface area contributed by atoms with Crippen LogP contribution in [-0.4, -0.2) is 25.1 Å². The van der Waals surface area contributed by atoms with Gasteiger partial charge in [0.25, 0.3) is 0 Å². The summed E-state index contributed by atoms with van der Waals surface area (Å²) in [5.74, 6) is 0.829. The molecular weight excluding hydrogens is 252 g/mol. The average molecular weight is 271 g/mol. The number of alkyl halides is 1. The monoisotopic (exact) mass is 270 g/mol. The summed E-state index contributed by atoms with van der Waals surface area (Å²) in [5, 5.41) is 0. The molecule has 0 radical (unpaired) electrons. The first-order valence-corrected chi connectivity index (χ1v) is 6.75. The van der Waals surface area contributed by atoms with Crippen molar-refractivity contribution in [1.82, 2.24) is 0 Å². The highest BCUT2D eigenvalue weighted by Crippen LogP contribution is 2.25. The molecule has 0 heterocycles. The minimum Gasteiger partial charge on any atom is -0.493 e. The number of carbonyl (C=O) groups is 1. The molecule has 3 nitrogen and oxygen atoms in total. The highest BCUT2D eigenvalue weighted by atomic mass is 35.5. The molecule has 0 fully saturated rings. The summed E-state index contributed by atoms with van der Waals surface area (Å²) >= 11 is 5.70. The van der Waals surface area contributed by atoms with Gasteiger partial charge in [0.15, 0.2) is 0 Å². The Bertz CT molecular complexity index is 391. The molecule has 100 valence electrons. The molecule has 1 aromatic rings. The lowest BCUT2D eigenvalue weighted by Gasteiger charge is -2.13. The van der Waals surface area contributed by atoms with Gasteiger partial charge in [0.05, 0.1) is 13.2 Å². The van der Waals surface area contributed by atoms with Crippen LogP contribution in [0.5, 0.6) is 5.75 Å². The smallest absolute Gasteiger partial charge is 0.342 e. The molecule has 0 aromatic heterocycles. The van der Waals surface area contributed by atoms with E-state index in [1.54, 1.807) is 13.0 Å². The highest BCUT2D eigenvalue weighted by molar-refractivity contribution is 6.17. The molecule has 0 aliphatic carbocycles. The Hall–Kier alpha value is -1.22. The summed E-state index contributed by atoms with van der Waals surface area (Å²) in [5.41, 5.74) is 1.46. The molecule has 1 rings (SSSR count). The Balaban J connectivity index is 3.07. The number of aryl methyl sites for hydroxylation is 1. The van der Waals surface area contributed by atoms with E-state index in [4.69, 9.17) is 21.1 Å². The minimum atomic E-state index is -0.328. The van der Waals surface area contributed by atoms with E-state index in [0.29, 0.717) is 30.4 Å². The predicted octanol–water partition coefficient (Wildman–Crippen LogP) is 3.43. The molecule has 0 amide bonds. The van der Waals surface area contributed by atoms with Crippen molar-refractivity contribution in [3.8, 4) is 5.75 Å². The number of ether oxygens (including phenoxy) is 2. The van der Waals surface area contributed by atoms with Crippen molar-refractivity contribution in [3.05, 3.63) is 29.3 Å². The van der Waals surface area contributed by atoms with Gasteiger partial charge in [-0.05, 0) is 38.3 Å². The molecule has 0 saturated carbocycles. The van der Waals surface area contributed by atoms with Crippen molar-refractivity contribution in [3.63, 3.8) is 0 Å². The van der Waals surface area contributed by atoms with E-state index in [2.05, 4.69) is 0 Å². The summed E-state index contributed by atoms with van der Waals surface area (Å²) in [7, 11) is 0. The molecule has 0 aliphatic rings. The summed E-state index contributed by atoms with van der Waals surface area (Å²) in [6.07, 6.45) is 1.57. The SMILES string of the molecule is CCOC(=O)c1c(CCCCl)cccc1OCC. The third kappa shape index (κ3) is 3.91. The first kappa shape index (κ1) is 14.8. The average Bonchev–Trinajstić information content (AvgIpc) is 2.37. The fraction of sp³-hybridized carbons (Fsp3) is 0.500. The van der Waals surface area contributed by atoms with E-state index in [9.17, 15) is 4.79 Å². The van der Waals surface area contributed by atoms with E-state index >= 15 is 0 Å². The van der Waals surface area contributed by atoms with Crippen LogP contribution in [0.4, 0.5) is 0 Å². The number of benzene rings is 1. The molecule has 1 aromatic carbocycles. The van der Waals surface area contributed by atoms with Crippen molar-refractivity contribution in [2.45, 2.75) is 26.7 Å². The summed E-state index contributed by atoms with van der Waals surface area (Å²) in [6.45, 7) is 4.56. The van der Waals surface area contributed by atoms with Gasteiger partial charge in [-0.1, -0.05) is 12.1 Å². The molecule has 0 aliphatic heterocycles. The second-order valence-electron chi connectivity index (χ2n) is 3.74. The maximum Gasteiger partial charge on any atom is 0.342 e. The first-order valence-electron chi connectivity index (χ1n) is 6.22. The van der Waals surface area contributed by atoms with E-state index in [1.807, 2.05) is 19.1 Å². The van der Waals surface area contributed by atoms with Gasteiger partial charge in [-0.25, -0.2) is 4.79 Å². The van der Waals surface area contributed by atoms with Crippen molar-refractivity contribution in [2.75, 3.05) is 19.1 Å². The fourth-order valence-corrected chi connectivity index (χ4v) is 1.89. The van der Waals surface area contributed by atoms with Crippen molar-refractivity contribution >= 4 is 17.6 Å². The van der Waals surface area contributed by atoms with Crippen molar-refractivity contribution in [2.24, 2.45) is 0 Å². The number of carbonyl (C=O) groups excluding carboxylic acids is 1. The maximum atomic E-state index is 12.0. The van der Waals surface area contributed by atoms with E-state index < -0.39 is 0 Å². The van der Waals surface area contributed by atoms with Crippen LogP contribution in [0.25, 0.3) is 0 Å². The van der Waals surface area contributed by atoms with Crippen LogP contribution in [-0.2, 0) is 11.2 Å². The van der Waals surface area contributed by atoms with Gasteiger partial charge in [0, 0.05) is 5.88 Å². The Kier molecular flexibility index (Phi) is 6.58. The standard InChI is InChI=1S/C14H19ClO3/c1-3-17-12-9-5-7-11(8-6-10-15)13(12)14(16)18-4-2/h5,7,9H,3-4,6,8,10H2,1-2H3. The van der Waals surface area contributed by atoms with Crippen LogP contribution >= 0.6 is 11.6 Å². The Morgan fingerprint density at radius 3 is 2.67 bits per heavy atom. The number of hydrogen-bond acceptors (Lipinski definition) is 3. The number of rotatable bonds is 7. The Morgan fingerprint density at radius 1 is 1.28 bits per heavy atom. The molecule has 0 saturated heterocycles. The topological polar surface area (TPSA) is 35.5 Å². The van der Waals surface area contributed by atoms with Gasteiger partial charge in [-0.15, -0.1) is 11.6 Å². The molecule has 18 heavy (non-hydrogen) atoms. The summed E-state index contributed by atoms with van der Waals surface area (Å²) in [4.78, 5) is 12.0. The Morgan fingerprint density at radius 2 is 2.06 bits per heavy atom. The zero-order chi connectivity index (χ0) is 13.4. The zero-order valence-electron chi connectivity index (χ0n) is 10.9. The second kappa shape index (κ2) is 7.98. The van der Waals surface area contributed by atoms with Crippen LogP contribution in [0.2, 0.25) is 0 Å². The van der Waals surface area contributed by atoms with Gasteiger partial charge in [-0.2, -0.15) is 0 Å². The molecule has 4 heteroatoms. The number of esters is 1. The van der Waals surface area contributed by atoms with Crippen molar-refractivity contribution in [1.29, 1.82) is 0 Å². The van der Waals surface area contributed by atoms with Gasteiger partial charge in [0.1, 0.15) is 11.3 Å². The van der Waals surface area contributed by atoms with E-state index in [-0.39, 0.29) is 5.97 Å². The second-order valence-corrected chi connectivity index (χ2v) is 4.11. The van der Waals surface area contributed by atoms with Crippen LogP contribution in [0.15, 0.2) is 18.2 Å². The van der Waals surface area contributed by atoms with Crippen LogP contribution in [0.3, 0.4) is 0 Å². The molecule has 0 bridgehead atoms. The lowest BCUT2D eigenvalue weighted by molar-refractivity contribution is 0.0520. The lowest BCUT2D eigenvalue weighted by Crippen LogP contribution is -2.11. The number of hydrogen-bond donors (Lipinski definition) is 0. The molecular formula is C14H19ClO3. The highest BCUT2D eigenvalue weighted by Gasteiger charge is 2.18. The summed E-state index contributed by atoms with van der Waals surface area (Å²) in [6, 6.07) is 5.60. The predicted molar refractivity (Wildman–Crippen MR) is 72.6 cm³/mol. The normalized spacial score (nSPS) is 10.2. The third-order valence-corrected chi connectivity index (χ3v) is 2.74. The summed E-state index contributed by atoms with van der Waals surface area (Å²) < 4.78 is 10.6. The van der Waals surface area contributed by atoms with Crippen LogP contribution in [0.1, 0.15) is 36.2 Å². The lowest BCUT2D eigenvalue weighted by atomic mass is 10.0. The Labute approximate surface area is 113 Å². The zero-order valence-corrected chi connectivity index (χ0v) is 11.6. The molecule has 0 N–H and O–H groups in total. The third-order valence-electron chi connectivity index (χ3n) is 2.47. The van der Waals surface area contributed by atoms with Crippen LogP contribution in [0, 0.1) is 0 Å². The van der Waals surface area contributed by atoms with Gasteiger partial charge < -0.3 is 9.47 Å². The van der Waals surface area contributed by atoms with E-state index in [0.717, 1.165) is 18.4 Å². The van der Waals surface area contributed by atoms with E-state index in [1.165, 1.54) is 0 Å². The molecule has 0 spiro atoms. The minimum absolute atomic E-state index is 0.328. The molecule has 0 unspecified atom stereocenters. The molecule has 0 atom stereocenters. The maximum absolute atomic E-state index is 12.0. The van der Waals surface area contributed by atoms with Gasteiger partial charge in [0.2, 0.25) is 0 Å². The quantitative estimate of drug-likeness (QED) is 0.562.